The molecular formula is C28H31F3N2O3. The number of carbonyl (C=O) groups is 1. The lowest BCUT2D eigenvalue weighted by atomic mass is 10.0. The Hall–Kier alpha value is -3.26. The first-order chi connectivity index (χ1) is 17.1. The van der Waals surface area contributed by atoms with Crippen molar-refractivity contribution in [1.82, 2.24) is 9.80 Å². The van der Waals surface area contributed by atoms with Crippen LogP contribution in [-0.2, 0) is 19.3 Å². The molecule has 1 aliphatic rings. The number of alkyl halides is 3. The summed E-state index contributed by atoms with van der Waals surface area (Å²) in [6.45, 7) is 8.97. The third kappa shape index (κ3) is 6.29. The third-order valence-corrected chi connectivity index (χ3v) is 6.35. The van der Waals surface area contributed by atoms with Crippen molar-refractivity contribution in [2.45, 2.75) is 46.0 Å². The van der Waals surface area contributed by atoms with Crippen LogP contribution in [0.1, 0.15) is 58.3 Å². The minimum Gasteiger partial charge on any atom is -0.485 e. The molecule has 36 heavy (non-hydrogen) atoms. The minimum absolute atomic E-state index is 0.196. The van der Waals surface area contributed by atoms with E-state index in [1.807, 2.05) is 13.0 Å². The van der Waals surface area contributed by atoms with E-state index in [1.165, 1.54) is 12.1 Å². The van der Waals surface area contributed by atoms with Crippen LogP contribution in [0.25, 0.3) is 0 Å². The summed E-state index contributed by atoms with van der Waals surface area (Å²) >= 11 is 0. The number of piperazine rings is 1. The van der Waals surface area contributed by atoms with Crippen LogP contribution in [0.2, 0.25) is 0 Å². The van der Waals surface area contributed by atoms with Gasteiger partial charge >= 0.3 is 6.18 Å². The van der Waals surface area contributed by atoms with Gasteiger partial charge in [0.25, 0.3) is 5.91 Å². The smallest absolute Gasteiger partial charge is 0.416 e. The minimum atomic E-state index is -4.36. The number of hydrogen-bond donors (Lipinski definition) is 0. The summed E-state index contributed by atoms with van der Waals surface area (Å²) in [5.41, 5.74) is 2.19. The maximum Gasteiger partial charge on any atom is 0.416 e. The van der Waals surface area contributed by atoms with E-state index in [-0.39, 0.29) is 18.3 Å². The molecule has 4 rings (SSSR count). The zero-order chi connectivity index (χ0) is 25.9. The molecule has 192 valence electrons. The Morgan fingerprint density at radius 2 is 1.78 bits per heavy atom. The Kier molecular flexibility index (Phi) is 7.73. The van der Waals surface area contributed by atoms with Gasteiger partial charge in [-0.15, -0.1) is 0 Å². The van der Waals surface area contributed by atoms with Crippen LogP contribution in [0.3, 0.4) is 0 Å². The second-order valence-corrected chi connectivity index (χ2v) is 9.52. The molecule has 2 aromatic carbocycles. The molecule has 3 aromatic rings. The molecule has 2 heterocycles. The zero-order valence-electron chi connectivity index (χ0n) is 20.8. The molecule has 1 fully saturated rings. The van der Waals surface area contributed by atoms with Gasteiger partial charge in [-0.2, -0.15) is 13.2 Å². The van der Waals surface area contributed by atoms with Crippen LogP contribution in [0.4, 0.5) is 13.2 Å². The Labute approximate surface area is 209 Å². The van der Waals surface area contributed by atoms with Crippen molar-refractivity contribution in [3.8, 4) is 5.75 Å². The third-order valence-electron chi connectivity index (χ3n) is 6.35. The maximum absolute atomic E-state index is 13.0. The van der Waals surface area contributed by atoms with Crippen molar-refractivity contribution in [2.24, 2.45) is 0 Å². The summed E-state index contributed by atoms with van der Waals surface area (Å²) in [6.07, 6.45) is -4.36. The Balaban J connectivity index is 1.31. The van der Waals surface area contributed by atoms with Crippen molar-refractivity contribution in [3.05, 3.63) is 88.4 Å². The summed E-state index contributed by atoms with van der Waals surface area (Å²) in [5, 5.41) is 0. The Bertz CT molecular complexity index is 1190. The molecule has 0 saturated carbocycles. The number of nitrogens with zero attached hydrogens (tertiary/aromatic N) is 2. The van der Waals surface area contributed by atoms with Crippen molar-refractivity contribution in [3.63, 3.8) is 0 Å². The fourth-order valence-corrected chi connectivity index (χ4v) is 4.33. The molecular weight excluding hydrogens is 469 g/mol. The summed E-state index contributed by atoms with van der Waals surface area (Å²) in [5.74, 6) is 1.76. The largest absolute Gasteiger partial charge is 0.485 e. The summed E-state index contributed by atoms with van der Waals surface area (Å²) < 4.78 is 50.7. The molecule has 1 saturated heterocycles. The van der Waals surface area contributed by atoms with E-state index in [1.54, 1.807) is 23.1 Å². The molecule has 0 bridgehead atoms. The first-order valence-electron chi connectivity index (χ1n) is 12.1. The molecule has 0 atom stereocenters. The predicted octanol–water partition coefficient (Wildman–Crippen LogP) is 6.27. The second-order valence-electron chi connectivity index (χ2n) is 9.52. The predicted molar refractivity (Wildman–Crippen MR) is 131 cm³/mol. The number of hydrogen-bond acceptors (Lipinski definition) is 4. The van der Waals surface area contributed by atoms with E-state index in [9.17, 15) is 18.0 Å². The van der Waals surface area contributed by atoms with Crippen molar-refractivity contribution < 1.29 is 27.1 Å². The molecule has 0 radical (unpaired) electrons. The first kappa shape index (κ1) is 25.8. The van der Waals surface area contributed by atoms with Crippen LogP contribution in [0, 0.1) is 6.92 Å². The highest BCUT2D eigenvalue weighted by atomic mass is 19.4. The van der Waals surface area contributed by atoms with Crippen LogP contribution in [-0.4, -0.2) is 41.9 Å². The van der Waals surface area contributed by atoms with Crippen LogP contribution >= 0.6 is 0 Å². The van der Waals surface area contributed by atoms with Crippen LogP contribution in [0.5, 0.6) is 5.75 Å². The SMILES string of the molecule is Cc1ccc(C(C)C)c(OCc2ccc(C(=O)N3CCN(Cc4cccc(C(F)(F)F)c4)CC3)o2)c1. The highest BCUT2D eigenvalue weighted by Crippen LogP contribution is 2.30. The zero-order valence-corrected chi connectivity index (χ0v) is 20.8. The number of rotatable bonds is 7. The Morgan fingerprint density at radius 3 is 2.47 bits per heavy atom. The van der Waals surface area contributed by atoms with Crippen molar-refractivity contribution in [1.29, 1.82) is 0 Å². The molecule has 0 N–H and O–H groups in total. The van der Waals surface area contributed by atoms with E-state index in [4.69, 9.17) is 9.15 Å². The van der Waals surface area contributed by atoms with Gasteiger partial charge in [0.15, 0.2) is 5.76 Å². The highest BCUT2D eigenvalue weighted by molar-refractivity contribution is 5.91. The molecule has 0 unspecified atom stereocenters. The average molecular weight is 501 g/mol. The number of amides is 1. The lowest BCUT2D eigenvalue weighted by Gasteiger charge is -2.34. The number of aryl methyl sites for hydroxylation is 1. The summed E-state index contributed by atoms with van der Waals surface area (Å²) in [6, 6.07) is 14.9. The maximum atomic E-state index is 13.0. The van der Waals surface area contributed by atoms with E-state index in [2.05, 4.69) is 30.9 Å². The second kappa shape index (κ2) is 10.8. The number of furan rings is 1. The summed E-state index contributed by atoms with van der Waals surface area (Å²) in [4.78, 5) is 16.7. The monoisotopic (exact) mass is 500 g/mol. The topological polar surface area (TPSA) is 45.9 Å². The molecule has 1 aromatic heterocycles. The van der Waals surface area contributed by atoms with Gasteiger partial charge in [-0.25, -0.2) is 0 Å². The van der Waals surface area contributed by atoms with Gasteiger partial charge in [0.05, 0.1) is 5.56 Å². The van der Waals surface area contributed by atoms with Crippen molar-refractivity contribution in [2.75, 3.05) is 26.2 Å². The molecule has 0 spiro atoms. The molecule has 1 amide bonds. The lowest BCUT2D eigenvalue weighted by Crippen LogP contribution is -2.48. The number of carbonyl (C=O) groups excluding carboxylic acids is 1. The van der Waals surface area contributed by atoms with Crippen molar-refractivity contribution >= 4 is 5.91 Å². The molecule has 5 nitrogen and oxygen atoms in total. The van der Waals surface area contributed by atoms with Crippen LogP contribution < -0.4 is 4.74 Å². The van der Waals surface area contributed by atoms with Gasteiger partial charge in [-0.05, 0) is 53.8 Å². The fourth-order valence-electron chi connectivity index (χ4n) is 4.33. The van der Waals surface area contributed by atoms with Gasteiger partial charge < -0.3 is 14.1 Å². The quantitative estimate of drug-likeness (QED) is 0.384. The summed E-state index contributed by atoms with van der Waals surface area (Å²) in [7, 11) is 0. The highest BCUT2D eigenvalue weighted by Gasteiger charge is 2.31. The standard InChI is InChI=1S/C28H31F3N2O3/c1-19(2)24-9-7-20(3)15-26(24)35-18-23-8-10-25(36-23)27(34)33-13-11-32(12-14-33)17-21-5-4-6-22(16-21)28(29,30)31/h4-10,15-16,19H,11-14,17-18H2,1-3H3. The van der Waals surface area contributed by atoms with Crippen LogP contribution in [0.15, 0.2) is 59.0 Å². The number of ether oxygens (including phenoxy) is 1. The normalized spacial score (nSPS) is 14.9. The lowest BCUT2D eigenvalue weighted by molar-refractivity contribution is -0.137. The van der Waals surface area contributed by atoms with Gasteiger partial charge in [-0.1, -0.05) is 44.2 Å². The molecule has 0 aliphatic carbocycles. The average Bonchev–Trinajstić information content (AvgIpc) is 3.31. The molecule has 8 heteroatoms. The van der Waals surface area contributed by atoms with Gasteiger partial charge in [-0.3, -0.25) is 9.69 Å². The van der Waals surface area contributed by atoms with Gasteiger partial charge in [0.2, 0.25) is 0 Å². The first-order valence-corrected chi connectivity index (χ1v) is 12.1. The van der Waals surface area contributed by atoms with E-state index < -0.39 is 11.7 Å². The number of halogens is 3. The van der Waals surface area contributed by atoms with E-state index in [0.29, 0.717) is 50.0 Å². The Morgan fingerprint density at radius 1 is 1.03 bits per heavy atom. The van der Waals surface area contributed by atoms with E-state index >= 15 is 0 Å². The van der Waals surface area contributed by atoms with Gasteiger partial charge in [0.1, 0.15) is 18.1 Å². The van der Waals surface area contributed by atoms with Gasteiger partial charge in [0, 0.05) is 32.7 Å². The molecule has 1 aliphatic heterocycles. The fraction of sp³-hybridized carbons (Fsp3) is 0.393. The van der Waals surface area contributed by atoms with E-state index in [0.717, 1.165) is 22.9 Å². The number of benzene rings is 2.